The lowest BCUT2D eigenvalue weighted by molar-refractivity contribution is -0.150. The summed E-state index contributed by atoms with van der Waals surface area (Å²) in [6.45, 7) is 4.58. The van der Waals surface area contributed by atoms with Gasteiger partial charge in [0.1, 0.15) is 18.1 Å². The SMILES string of the molecule is CCCCSCCN(CCOc1ccc(CC(OCC)C(=O)O)cc1)C(=O)Oc1ccccc1C(F)(F)F. The van der Waals surface area contributed by atoms with Gasteiger partial charge in [0.25, 0.3) is 0 Å². The number of amides is 1. The largest absolute Gasteiger partial charge is 0.492 e. The molecule has 0 bridgehead atoms. The van der Waals surface area contributed by atoms with Crippen molar-refractivity contribution in [1.82, 2.24) is 4.90 Å². The first kappa shape index (κ1) is 31.3. The molecule has 38 heavy (non-hydrogen) atoms. The summed E-state index contributed by atoms with van der Waals surface area (Å²) in [6, 6.07) is 11.4. The van der Waals surface area contributed by atoms with Crippen LogP contribution in [0.25, 0.3) is 0 Å². The second kappa shape index (κ2) is 16.1. The molecule has 1 unspecified atom stereocenters. The van der Waals surface area contributed by atoms with Gasteiger partial charge >= 0.3 is 18.2 Å². The van der Waals surface area contributed by atoms with E-state index in [-0.39, 0.29) is 32.7 Å². The van der Waals surface area contributed by atoms with Crippen molar-refractivity contribution >= 4 is 23.8 Å². The second-order valence-corrected chi connectivity index (χ2v) is 9.52. The maximum Gasteiger partial charge on any atom is 0.419 e. The molecule has 2 aromatic carbocycles. The third-order valence-corrected chi connectivity index (χ3v) is 6.46. The number of para-hydroxylation sites is 1. The number of unbranched alkanes of at least 4 members (excludes halogenated alkanes) is 1. The molecule has 1 amide bonds. The number of carboxylic acid groups (broad SMARTS) is 1. The molecule has 0 fully saturated rings. The molecule has 2 rings (SSSR count). The molecule has 0 spiro atoms. The van der Waals surface area contributed by atoms with Gasteiger partial charge in [-0.15, -0.1) is 0 Å². The molecule has 1 atom stereocenters. The summed E-state index contributed by atoms with van der Waals surface area (Å²) in [6.07, 6.45) is -4.19. The summed E-state index contributed by atoms with van der Waals surface area (Å²) in [5, 5.41) is 9.24. The molecule has 2 aromatic rings. The number of nitrogens with zero attached hydrogens (tertiary/aromatic N) is 1. The number of benzene rings is 2. The number of carbonyl (C=O) groups is 2. The third kappa shape index (κ3) is 10.8. The van der Waals surface area contributed by atoms with Crippen LogP contribution in [0.5, 0.6) is 11.5 Å². The van der Waals surface area contributed by atoms with Gasteiger partial charge in [-0.05, 0) is 48.9 Å². The number of aliphatic carboxylic acids is 1. The zero-order chi connectivity index (χ0) is 28.0. The molecule has 11 heteroatoms. The molecule has 0 aliphatic heterocycles. The summed E-state index contributed by atoms with van der Waals surface area (Å²) in [7, 11) is 0. The predicted octanol–water partition coefficient (Wildman–Crippen LogP) is 6.15. The van der Waals surface area contributed by atoms with Gasteiger partial charge in [-0.2, -0.15) is 24.9 Å². The Morgan fingerprint density at radius 1 is 1.03 bits per heavy atom. The van der Waals surface area contributed by atoms with Crippen molar-refractivity contribution in [3.63, 3.8) is 0 Å². The number of ether oxygens (including phenoxy) is 3. The maximum atomic E-state index is 13.3. The molecule has 0 heterocycles. The van der Waals surface area contributed by atoms with Crippen molar-refractivity contribution in [1.29, 1.82) is 0 Å². The number of hydrogen-bond donors (Lipinski definition) is 1. The summed E-state index contributed by atoms with van der Waals surface area (Å²) >= 11 is 1.66. The molecule has 0 saturated carbocycles. The summed E-state index contributed by atoms with van der Waals surface area (Å²) in [4.78, 5) is 25.4. The fourth-order valence-electron chi connectivity index (χ4n) is 3.39. The first-order valence-electron chi connectivity index (χ1n) is 12.4. The van der Waals surface area contributed by atoms with Crippen molar-refractivity contribution in [2.45, 2.75) is 45.4 Å². The fraction of sp³-hybridized carbons (Fsp3) is 0.481. The molecule has 1 N–H and O–H groups in total. The lowest BCUT2D eigenvalue weighted by Crippen LogP contribution is -2.38. The number of halogens is 3. The molecule has 0 aromatic heterocycles. The number of carboxylic acids is 1. The van der Waals surface area contributed by atoms with Gasteiger partial charge in [-0.3, -0.25) is 0 Å². The van der Waals surface area contributed by atoms with Crippen LogP contribution >= 0.6 is 11.8 Å². The van der Waals surface area contributed by atoms with E-state index in [0.717, 1.165) is 36.3 Å². The first-order chi connectivity index (χ1) is 18.2. The van der Waals surface area contributed by atoms with Gasteiger partial charge in [-0.1, -0.05) is 37.6 Å². The lowest BCUT2D eigenvalue weighted by atomic mass is 10.1. The van der Waals surface area contributed by atoms with E-state index in [1.807, 2.05) is 0 Å². The molecular formula is C27H34F3NO6S. The van der Waals surface area contributed by atoms with E-state index in [4.69, 9.17) is 14.2 Å². The Morgan fingerprint density at radius 3 is 2.37 bits per heavy atom. The normalized spacial score (nSPS) is 12.1. The number of hydrogen-bond acceptors (Lipinski definition) is 6. The second-order valence-electron chi connectivity index (χ2n) is 8.29. The van der Waals surface area contributed by atoms with Crippen molar-refractivity contribution in [2.75, 3.05) is 37.8 Å². The van der Waals surface area contributed by atoms with Gasteiger partial charge in [0, 0.05) is 25.3 Å². The van der Waals surface area contributed by atoms with E-state index in [0.29, 0.717) is 11.5 Å². The van der Waals surface area contributed by atoms with Crippen LogP contribution in [0.1, 0.15) is 37.8 Å². The summed E-state index contributed by atoms with van der Waals surface area (Å²) in [5.74, 6) is 0.451. The Bertz CT molecular complexity index is 1000. The van der Waals surface area contributed by atoms with Crippen LogP contribution in [-0.4, -0.2) is 66.0 Å². The quantitative estimate of drug-likeness (QED) is 0.248. The predicted molar refractivity (Wildman–Crippen MR) is 140 cm³/mol. The van der Waals surface area contributed by atoms with E-state index in [1.165, 1.54) is 17.0 Å². The van der Waals surface area contributed by atoms with Gasteiger partial charge < -0.3 is 24.2 Å². The minimum absolute atomic E-state index is 0.0890. The Balaban J connectivity index is 1.99. The average Bonchev–Trinajstić information content (AvgIpc) is 2.87. The highest BCUT2D eigenvalue weighted by Crippen LogP contribution is 2.36. The zero-order valence-electron chi connectivity index (χ0n) is 21.5. The maximum absolute atomic E-state index is 13.3. The van der Waals surface area contributed by atoms with Gasteiger partial charge in [-0.25, -0.2) is 9.59 Å². The van der Waals surface area contributed by atoms with Crippen LogP contribution in [0, 0.1) is 0 Å². The van der Waals surface area contributed by atoms with Gasteiger partial charge in [0.2, 0.25) is 0 Å². The molecule has 0 saturated heterocycles. The number of thioether (sulfide) groups is 1. The van der Waals surface area contributed by atoms with Gasteiger partial charge in [0.05, 0.1) is 12.1 Å². The average molecular weight is 558 g/mol. The van der Waals surface area contributed by atoms with E-state index < -0.39 is 35.7 Å². The Hall–Kier alpha value is -2.92. The summed E-state index contributed by atoms with van der Waals surface area (Å²) < 4.78 is 56.1. The monoisotopic (exact) mass is 557 g/mol. The highest BCUT2D eigenvalue weighted by atomic mass is 32.2. The van der Waals surface area contributed by atoms with Crippen LogP contribution in [0.4, 0.5) is 18.0 Å². The van der Waals surface area contributed by atoms with Crippen LogP contribution in [0.15, 0.2) is 48.5 Å². The number of alkyl halides is 3. The van der Waals surface area contributed by atoms with E-state index in [1.54, 1.807) is 43.0 Å². The highest BCUT2D eigenvalue weighted by molar-refractivity contribution is 7.99. The molecule has 0 aliphatic carbocycles. The minimum atomic E-state index is -4.65. The minimum Gasteiger partial charge on any atom is -0.492 e. The van der Waals surface area contributed by atoms with Crippen molar-refractivity contribution in [3.05, 3.63) is 59.7 Å². The topological polar surface area (TPSA) is 85.3 Å². The Morgan fingerprint density at radius 2 is 1.74 bits per heavy atom. The molecule has 0 aliphatic rings. The van der Waals surface area contributed by atoms with E-state index in [9.17, 15) is 27.9 Å². The summed E-state index contributed by atoms with van der Waals surface area (Å²) in [5.41, 5.74) is -0.257. The fourth-order valence-corrected chi connectivity index (χ4v) is 4.44. The highest BCUT2D eigenvalue weighted by Gasteiger charge is 2.35. The van der Waals surface area contributed by atoms with Crippen molar-refractivity contribution in [2.24, 2.45) is 0 Å². The van der Waals surface area contributed by atoms with Crippen LogP contribution in [0.2, 0.25) is 0 Å². The first-order valence-corrected chi connectivity index (χ1v) is 13.6. The Labute approximate surface area is 225 Å². The number of carbonyl (C=O) groups excluding carboxylic acids is 1. The smallest absolute Gasteiger partial charge is 0.419 e. The van der Waals surface area contributed by atoms with Crippen LogP contribution in [0.3, 0.4) is 0 Å². The van der Waals surface area contributed by atoms with E-state index in [2.05, 4.69) is 6.92 Å². The van der Waals surface area contributed by atoms with Crippen molar-refractivity contribution < 1.29 is 42.1 Å². The third-order valence-electron chi connectivity index (χ3n) is 5.41. The zero-order valence-corrected chi connectivity index (χ0v) is 22.4. The van der Waals surface area contributed by atoms with Crippen LogP contribution in [-0.2, 0) is 22.1 Å². The number of rotatable bonds is 16. The Kier molecular flexibility index (Phi) is 13.3. The van der Waals surface area contributed by atoms with Gasteiger partial charge in [0.15, 0.2) is 6.10 Å². The lowest BCUT2D eigenvalue weighted by Gasteiger charge is -2.23. The van der Waals surface area contributed by atoms with Crippen molar-refractivity contribution in [3.8, 4) is 11.5 Å². The van der Waals surface area contributed by atoms with E-state index >= 15 is 0 Å². The molecule has 0 radical (unpaired) electrons. The van der Waals surface area contributed by atoms with Crippen LogP contribution < -0.4 is 9.47 Å². The standard InChI is InChI=1S/C27H34F3NO6S/c1-3-5-17-38-18-15-31(26(34)37-23-9-7-6-8-22(23)27(28,29)30)14-16-36-21-12-10-20(11-13-21)19-24(25(32)33)35-4-2/h6-13,24H,3-5,14-19H2,1-2H3,(H,32,33). The molecule has 7 nitrogen and oxygen atoms in total. The molecular weight excluding hydrogens is 523 g/mol. The molecule has 210 valence electrons.